The number of imide groups is 1. The molecule has 0 saturated carbocycles. The molecule has 3 amide bonds. The topological polar surface area (TPSA) is 73.2 Å². The lowest BCUT2D eigenvalue weighted by atomic mass is 9.99. The molecule has 2 fully saturated rings. The second kappa shape index (κ2) is 3.74. The fraction of sp³-hybridized carbons (Fsp3) is 0.667. The van der Waals surface area contributed by atoms with E-state index in [1.165, 1.54) is 0 Å². The molecule has 1 unspecified atom stereocenters. The van der Waals surface area contributed by atoms with Crippen LogP contribution in [0.3, 0.4) is 0 Å². The van der Waals surface area contributed by atoms with Gasteiger partial charge in [0, 0.05) is 12.3 Å². The number of hydrogen-bond donors (Lipinski definition) is 1. The number of hydrogen-bond acceptors (Lipinski definition) is 4. The molecule has 2 aliphatic rings. The minimum absolute atomic E-state index is 0.159. The molecule has 0 bridgehead atoms. The predicted octanol–water partition coefficient (Wildman–Crippen LogP) is 0.328. The third-order valence-electron chi connectivity index (χ3n) is 2.71. The molecule has 0 aromatic rings. The van der Waals surface area contributed by atoms with Gasteiger partial charge in [-0.1, -0.05) is 0 Å². The van der Waals surface area contributed by atoms with Crippen LogP contribution in [0.1, 0.15) is 12.8 Å². The summed E-state index contributed by atoms with van der Waals surface area (Å²) in [5.74, 6) is 1.39. The predicted molar refractivity (Wildman–Crippen MR) is 55.1 cm³/mol. The zero-order chi connectivity index (χ0) is 10.9. The van der Waals surface area contributed by atoms with Gasteiger partial charge >= 0.3 is 6.03 Å². The number of urea groups is 1. The second-order valence-electron chi connectivity index (χ2n) is 3.68. The normalized spacial score (nSPS) is 29.7. The summed E-state index contributed by atoms with van der Waals surface area (Å²) in [5, 5.41) is 11.2. The molecule has 1 atom stereocenters. The van der Waals surface area contributed by atoms with Crippen molar-refractivity contribution in [2.45, 2.75) is 18.4 Å². The van der Waals surface area contributed by atoms with E-state index in [1.807, 2.05) is 6.07 Å². The molecule has 0 aromatic carbocycles. The summed E-state index contributed by atoms with van der Waals surface area (Å²) in [7, 11) is 0. The first-order chi connectivity index (χ1) is 7.19. The number of nitrogens with zero attached hydrogens (tertiary/aromatic N) is 2. The van der Waals surface area contributed by atoms with Gasteiger partial charge in [-0.25, -0.2) is 4.79 Å². The maximum atomic E-state index is 12.0. The van der Waals surface area contributed by atoms with E-state index in [9.17, 15) is 9.59 Å². The minimum atomic E-state index is -0.669. The Bertz CT molecular complexity index is 344. The largest absolute Gasteiger partial charge is 0.325 e. The van der Waals surface area contributed by atoms with Gasteiger partial charge in [0.1, 0.15) is 5.54 Å². The number of nitriles is 1. The van der Waals surface area contributed by atoms with Crippen LogP contribution in [-0.2, 0) is 4.79 Å². The smallest absolute Gasteiger partial charge is 0.322 e. The molecule has 0 aliphatic carbocycles. The Kier molecular flexibility index (Phi) is 2.57. The van der Waals surface area contributed by atoms with Crippen molar-refractivity contribution in [2.75, 3.05) is 18.1 Å². The molecule has 2 rings (SSSR count). The Morgan fingerprint density at radius 2 is 2.40 bits per heavy atom. The highest BCUT2D eigenvalue weighted by molar-refractivity contribution is 7.99. The van der Waals surface area contributed by atoms with Gasteiger partial charge in [-0.2, -0.15) is 17.0 Å². The van der Waals surface area contributed by atoms with E-state index >= 15 is 0 Å². The number of carbonyl (C=O) groups is 2. The number of carbonyl (C=O) groups excluding carboxylic acids is 2. The quantitative estimate of drug-likeness (QED) is 0.687. The number of thioether (sulfide) groups is 1. The molecule has 1 N–H and O–H groups in total. The van der Waals surface area contributed by atoms with E-state index in [1.54, 1.807) is 11.8 Å². The van der Waals surface area contributed by atoms with Gasteiger partial charge in [-0.3, -0.25) is 9.69 Å². The summed E-state index contributed by atoms with van der Waals surface area (Å²) in [5.41, 5.74) is -0.669. The first-order valence-electron chi connectivity index (χ1n) is 4.78. The zero-order valence-corrected chi connectivity index (χ0v) is 8.97. The molecule has 6 heteroatoms. The lowest BCUT2D eigenvalue weighted by molar-refractivity contribution is -0.130. The number of rotatable bonds is 2. The van der Waals surface area contributed by atoms with Crippen molar-refractivity contribution in [3.05, 3.63) is 0 Å². The van der Waals surface area contributed by atoms with Crippen molar-refractivity contribution in [1.29, 1.82) is 5.26 Å². The second-order valence-corrected chi connectivity index (χ2v) is 4.78. The van der Waals surface area contributed by atoms with Crippen molar-refractivity contribution in [3.63, 3.8) is 0 Å². The summed E-state index contributed by atoms with van der Waals surface area (Å²) < 4.78 is 0. The molecule has 0 radical (unpaired) electrons. The minimum Gasteiger partial charge on any atom is -0.322 e. The van der Waals surface area contributed by atoms with E-state index in [0.717, 1.165) is 10.7 Å². The first-order valence-corrected chi connectivity index (χ1v) is 5.94. The molecule has 1 spiro atoms. The van der Waals surface area contributed by atoms with Crippen LogP contribution in [0.4, 0.5) is 4.79 Å². The Labute approximate surface area is 91.8 Å². The van der Waals surface area contributed by atoms with E-state index in [-0.39, 0.29) is 24.9 Å². The van der Waals surface area contributed by atoms with Gasteiger partial charge in [-0.15, -0.1) is 0 Å². The van der Waals surface area contributed by atoms with Gasteiger partial charge in [0.2, 0.25) is 0 Å². The highest BCUT2D eigenvalue weighted by Gasteiger charge is 2.52. The average molecular weight is 225 g/mol. The van der Waals surface area contributed by atoms with Crippen LogP contribution >= 0.6 is 11.8 Å². The maximum Gasteiger partial charge on any atom is 0.325 e. The van der Waals surface area contributed by atoms with Crippen molar-refractivity contribution in [3.8, 4) is 6.07 Å². The van der Waals surface area contributed by atoms with E-state index in [4.69, 9.17) is 5.26 Å². The highest BCUT2D eigenvalue weighted by Crippen LogP contribution is 2.33. The Balaban J connectivity index is 2.13. The standard InChI is InChI=1S/C9H11N3O2S/c10-3-1-4-12-7(13)9(11-8(12)14)2-5-15-6-9/h1-2,4-6H2,(H,11,14). The van der Waals surface area contributed by atoms with Crippen molar-refractivity contribution in [2.24, 2.45) is 0 Å². The summed E-state index contributed by atoms with van der Waals surface area (Å²) in [4.78, 5) is 24.7. The molecular formula is C9H11N3O2S. The molecular weight excluding hydrogens is 214 g/mol. The van der Waals surface area contributed by atoms with E-state index in [2.05, 4.69) is 5.32 Å². The van der Waals surface area contributed by atoms with Gasteiger partial charge in [-0.05, 0) is 12.2 Å². The fourth-order valence-electron chi connectivity index (χ4n) is 1.87. The zero-order valence-electron chi connectivity index (χ0n) is 8.15. The lowest BCUT2D eigenvalue weighted by Crippen LogP contribution is -2.47. The van der Waals surface area contributed by atoms with Crippen molar-refractivity contribution >= 4 is 23.7 Å². The van der Waals surface area contributed by atoms with Crippen molar-refractivity contribution in [1.82, 2.24) is 10.2 Å². The Morgan fingerprint density at radius 3 is 3.00 bits per heavy atom. The van der Waals surface area contributed by atoms with Crippen LogP contribution in [0.2, 0.25) is 0 Å². The van der Waals surface area contributed by atoms with Crippen LogP contribution in [0, 0.1) is 11.3 Å². The van der Waals surface area contributed by atoms with E-state index < -0.39 is 5.54 Å². The van der Waals surface area contributed by atoms with E-state index in [0.29, 0.717) is 12.2 Å². The third kappa shape index (κ3) is 1.57. The molecule has 0 aromatic heterocycles. The maximum absolute atomic E-state index is 12.0. The van der Waals surface area contributed by atoms with Crippen LogP contribution in [0.25, 0.3) is 0 Å². The average Bonchev–Trinajstić information content (AvgIpc) is 2.75. The van der Waals surface area contributed by atoms with Crippen molar-refractivity contribution < 1.29 is 9.59 Å². The van der Waals surface area contributed by atoms with Crippen LogP contribution in [0.15, 0.2) is 0 Å². The van der Waals surface area contributed by atoms with Gasteiger partial charge in [0.15, 0.2) is 0 Å². The van der Waals surface area contributed by atoms with Gasteiger partial charge < -0.3 is 5.32 Å². The number of nitrogens with one attached hydrogen (secondary N) is 1. The molecule has 2 heterocycles. The van der Waals surface area contributed by atoms with Gasteiger partial charge in [0.05, 0.1) is 12.5 Å². The molecule has 80 valence electrons. The first kappa shape index (κ1) is 10.3. The summed E-state index contributed by atoms with van der Waals surface area (Å²) in [6, 6.07) is 1.59. The number of amides is 3. The Hall–Kier alpha value is -1.22. The molecule has 2 aliphatic heterocycles. The molecule has 15 heavy (non-hydrogen) atoms. The molecule has 5 nitrogen and oxygen atoms in total. The monoisotopic (exact) mass is 225 g/mol. The fourth-order valence-corrected chi connectivity index (χ4v) is 3.20. The lowest BCUT2D eigenvalue weighted by Gasteiger charge is -2.18. The Morgan fingerprint density at radius 1 is 1.60 bits per heavy atom. The third-order valence-corrected chi connectivity index (χ3v) is 3.90. The van der Waals surface area contributed by atoms with Crippen LogP contribution in [0.5, 0.6) is 0 Å². The van der Waals surface area contributed by atoms with Crippen LogP contribution < -0.4 is 5.32 Å². The SMILES string of the molecule is N#CCCN1C(=O)NC2(CCSC2)C1=O. The van der Waals surface area contributed by atoms with Crippen LogP contribution in [-0.4, -0.2) is 40.4 Å². The summed E-state index contributed by atoms with van der Waals surface area (Å²) in [6.45, 7) is 0.202. The van der Waals surface area contributed by atoms with Gasteiger partial charge in [0.25, 0.3) is 5.91 Å². The summed E-state index contributed by atoms with van der Waals surface area (Å²) >= 11 is 1.67. The summed E-state index contributed by atoms with van der Waals surface area (Å²) in [6.07, 6.45) is 0.897. The molecule has 2 saturated heterocycles. The highest BCUT2D eigenvalue weighted by atomic mass is 32.2.